The molecule has 10 nitrogen and oxygen atoms in total. The Labute approximate surface area is 196 Å². The van der Waals surface area contributed by atoms with E-state index in [-0.39, 0.29) is 10.6 Å². The van der Waals surface area contributed by atoms with Gasteiger partial charge in [-0.2, -0.15) is 5.10 Å². The van der Waals surface area contributed by atoms with Crippen LogP contribution in [0.4, 0.5) is 11.4 Å². The molecule has 1 N–H and O–H groups in total. The molecule has 0 spiro atoms. The Bertz CT molecular complexity index is 1280. The SMILES string of the molecule is CCOc1ccc(/C=N\NC(=O)CN(c2ccccc2[N+](=O)[O-])S(=O)(=O)c2ccccc2)cc1. The van der Waals surface area contributed by atoms with Crippen molar-refractivity contribution < 1.29 is 22.9 Å². The molecular formula is C23H22N4O6S. The summed E-state index contributed by atoms with van der Waals surface area (Å²) in [4.78, 5) is 23.3. The van der Waals surface area contributed by atoms with Crippen LogP contribution in [0.2, 0.25) is 0 Å². The average molecular weight is 483 g/mol. The molecule has 11 heteroatoms. The van der Waals surface area contributed by atoms with Crippen molar-refractivity contribution in [2.24, 2.45) is 5.10 Å². The van der Waals surface area contributed by atoms with Gasteiger partial charge < -0.3 is 4.74 Å². The van der Waals surface area contributed by atoms with E-state index in [1.807, 2.05) is 6.92 Å². The number of rotatable bonds is 10. The van der Waals surface area contributed by atoms with Gasteiger partial charge in [0.1, 0.15) is 18.0 Å². The summed E-state index contributed by atoms with van der Waals surface area (Å²) >= 11 is 0. The largest absolute Gasteiger partial charge is 0.494 e. The zero-order valence-corrected chi connectivity index (χ0v) is 19.0. The first-order chi connectivity index (χ1) is 16.3. The second-order valence-corrected chi connectivity index (χ2v) is 8.73. The Hall–Kier alpha value is -4.25. The monoisotopic (exact) mass is 482 g/mol. The van der Waals surface area contributed by atoms with Crippen LogP contribution in [-0.2, 0) is 14.8 Å². The first-order valence-corrected chi connectivity index (χ1v) is 11.6. The molecule has 0 saturated carbocycles. The maximum atomic E-state index is 13.3. The third-order valence-corrected chi connectivity index (χ3v) is 6.33. The molecule has 3 rings (SSSR count). The van der Waals surface area contributed by atoms with Crippen LogP contribution in [-0.4, -0.2) is 38.6 Å². The van der Waals surface area contributed by atoms with Crippen molar-refractivity contribution >= 4 is 33.5 Å². The number of carbonyl (C=O) groups is 1. The van der Waals surface area contributed by atoms with Crippen molar-refractivity contribution in [2.45, 2.75) is 11.8 Å². The van der Waals surface area contributed by atoms with Gasteiger partial charge in [-0.25, -0.2) is 18.1 Å². The Morgan fingerprint density at radius 1 is 1.06 bits per heavy atom. The van der Waals surface area contributed by atoms with Gasteiger partial charge in [0.05, 0.1) is 22.6 Å². The molecule has 3 aromatic rings. The maximum Gasteiger partial charge on any atom is 0.293 e. The molecule has 0 saturated heterocycles. The minimum absolute atomic E-state index is 0.112. The topological polar surface area (TPSA) is 131 Å². The lowest BCUT2D eigenvalue weighted by Crippen LogP contribution is -2.39. The van der Waals surface area contributed by atoms with E-state index in [0.29, 0.717) is 22.2 Å². The third kappa shape index (κ3) is 5.95. The average Bonchev–Trinajstić information content (AvgIpc) is 2.84. The van der Waals surface area contributed by atoms with Crippen LogP contribution in [0, 0.1) is 10.1 Å². The van der Waals surface area contributed by atoms with Crippen LogP contribution in [0.3, 0.4) is 0 Å². The molecule has 0 aliphatic rings. The molecule has 0 aliphatic heterocycles. The molecule has 176 valence electrons. The normalized spacial score (nSPS) is 11.2. The number of anilines is 1. The van der Waals surface area contributed by atoms with E-state index in [4.69, 9.17) is 4.74 Å². The summed E-state index contributed by atoms with van der Waals surface area (Å²) in [7, 11) is -4.29. The Morgan fingerprint density at radius 3 is 2.35 bits per heavy atom. The van der Waals surface area contributed by atoms with Gasteiger partial charge in [0, 0.05) is 6.07 Å². The Balaban J connectivity index is 1.84. The molecular weight excluding hydrogens is 460 g/mol. The lowest BCUT2D eigenvalue weighted by Gasteiger charge is -2.23. The Morgan fingerprint density at radius 2 is 1.71 bits per heavy atom. The van der Waals surface area contributed by atoms with Gasteiger partial charge in [-0.05, 0) is 55.0 Å². The molecule has 0 radical (unpaired) electrons. The van der Waals surface area contributed by atoms with Crippen LogP contribution in [0.25, 0.3) is 0 Å². The van der Waals surface area contributed by atoms with Crippen LogP contribution in [0.15, 0.2) is 88.9 Å². The fourth-order valence-corrected chi connectivity index (χ4v) is 4.47. The van der Waals surface area contributed by atoms with Gasteiger partial charge in [0.15, 0.2) is 0 Å². The Kier molecular flexibility index (Phi) is 7.93. The molecule has 0 bridgehead atoms. The fraction of sp³-hybridized carbons (Fsp3) is 0.130. The van der Waals surface area contributed by atoms with E-state index in [1.165, 1.54) is 54.7 Å². The van der Waals surface area contributed by atoms with Gasteiger partial charge in [-0.15, -0.1) is 0 Å². The number of amides is 1. The van der Waals surface area contributed by atoms with Gasteiger partial charge >= 0.3 is 0 Å². The summed E-state index contributed by atoms with van der Waals surface area (Å²) < 4.78 is 32.6. The molecule has 1 amide bonds. The molecule has 34 heavy (non-hydrogen) atoms. The number of carbonyl (C=O) groups excluding carboxylic acids is 1. The van der Waals surface area contributed by atoms with Gasteiger partial charge in [0.25, 0.3) is 21.6 Å². The number of hydrogen-bond acceptors (Lipinski definition) is 7. The number of ether oxygens (including phenoxy) is 1. The smallest absolute Gasteiger partial charge is 0.293 e. The predicted molar refractivity (Wildman–Crippen MR) is 127 cm³/mol. The van der Waals surface area contributed by atoms with Crippen molar-refractivity contribution in [1.82, 2.24) is 5.43 Å². The highest BCUT2D eigenvalue weighted by molar-refractivity contribution is 7.92. The number of hydrazone groups is 1. The summed E-state index contributed by atoms with van der Waals surface area (Å²) in [6, 6.07) is 19.6. The van der Waals surface area contributed by atoms with Crippen LogP contribution < -0.4 is 14.5 Å². The minimum Gasteiger partial charge on any atom is -0.494 e. The van der Waals surface area contributed by atoms with Crippen molar-refractivity contribution in [3.63, 3.8) is 0 Å². The number of sulfonamides is 1. The number of nitro benzene ring substituents is 1. The predicted octanol–water partition coefficient (Wildman–Crippen LogP) is 3.34. The standard InChI is InChI=1S/C23H22N4O6S/c1-2-33-19-14-12-18(13-15-19)16-24-25-23(28)17-26(21-10-6-7-11-22(21)27(29)30)34(31,32)20-8-4-3-5-9-20/h3-16H,2,17H2,1H3,(H,25,28)/b24-16-. The van der Waals surface area contributed by atoms with Crippen molar-refractivity contribution in [1.29, 1.82) is 0 Å². The summed E-state index contributed by atoms with van der Waals surface area (Å²) in [5, 5.41) is 15.4. The first-order valence-electron chi connectivity index (χ1n) is 10.2. The lowest BCUT2D eigenvalue weighted by atomic mass is 10.2. The lowest BCUT2D eigenvalue weighted by molar-refractivity contribution is -0.384. The maximum absolute atomic E-state index is 13.3. The molecule has 0 heterocycles. The first kappa shape index (κ1) is 24.4. The van der Waals surface area contributed by atoms with Gasteiger partial charge in [-0.1, -0.05) is 30.3 Å². The van der Waals surface area contributed by atoms with E-state index >= 15 is 0 Å². The van der Waals surface area contributed by atoms with Crippen LogP contribution >= 0.6 is 0 Å². The van der Waals surface area contributed by atoms with E-state index in [0.717, 1.165) is 0 Å². The summed E-state index contributed by atoms with van der Waals surface area (Å²) in [5.74, 6) is -0.0882. The van der Waals surface area contributed by atoms with Gasteiger partial charge in [0.2, 0.25) is 0 Å². The highest BCUT2D eigenvalue weighted by Gasteiger charge is 2.31. The third-order valence-electron chi connectivity index (χ3n) is 4.56. The van der Waals surface area contributed by atoms with E-state index in [1.54, 1.807) is 30.3 Å². The number of para-hydroxylation sites is 2. The van der Waals surface area contributed by atoms with E-state index < -0.39 is 33.1 Å². The highest BCUT2D eigenvalue weighted by atomic mass is 32.2. The minimum atomic E-state index is -4.29. The van der Waals surface area contributed by atoms with E-state index in [9.17, 15) is 23.3 Å². The summed E-state index contributed by atoms with van der Waals surface area (Å²) in [6.07, 6.45) is 1.38. The second-order valence-electron chi connectivity index (χ2n) is 6.87. The molecule has 3 aromatic carbocycles. The number of nitro groups is 1. The fourth-order valence-electron chi connectivity index (χ4n) is 3.01. The second kappa shape index (κ2) is 11.1. The van der Waals surface area contributed by atoms with Crippen molar-refractivity contribution in [3.8, 4) is 5.75 Å². The van der Waals surface area contributed by atoms with E-state index in [2.05, 4.69) is 10.5 Å². The van der Waals surface area contributed by atoms with Gasteiger partial charge in [-0.3, -0.25) is 14.9 Å². The number of nitrogens with zero attached hydrogens (tertiary/aromatic N) is 3. The number of hydrogen-bond donors (Lipinski definition) is 1. The number of benzene rings is 3. The molecule has 0 fully saturated rings. The molecule has 0 unspecified atom stereocenters. The molecule has 0 atom stereocenters. The summed E-state index contributed by atoms with van der Waals surface area (Å²) in [6.45, 7) is 1.68. The summed E-state index contributed by atoms with van der Waals surface area (Å²) in [5.41, 5.74) is 2.26. The molecule has 0 aliphatic carbocycles. The molecule has 0 aromatic heterocycles. The number of nitrogens with one attached hydrogen (secondary N) is 1. The van der Waals surface area contributed by atoms with Crippen molar-refractivity contribution in [3.05, 3.63) is 94.5 Å². The quantitative estimate of drug-likeness (QED) is 0.268. The van der Waals surface area contributed by atoms with Crippen LogP contribution in [0.1, 0.15) is 12.5 Å². The highest BCUT2D eigenvalue weighted by Crippen LogP contribution is 2.31. The zero-order valence-electron chi connectivity index (χ0n) is 18.2. The zero-order chi connectivity index (χ0) is 24.6. The van der Waals surface area contributed by atoms with Crippen molar-refractivity contribution in [2.75, 3.05) is 17.5 Å². The van der Waals surface area contributed by atoms with Crippen LogP contribution in [0.5, 0.6) is 5.75 Å².